The van der Waals surface area contributed by atoms with E-state index in [1.54, 1.807) is 35.1 Å². The number of amides is 2. The van der Waals surface area contributed by atoms with Gasteiger partial charge in [-0.05, 0) is 26.3 Å². The molecule has 3 rings (SSSR count). The van der Waals surface area contributed by atoms with Gasteiger partial charge in [-0.15, -0.1) is 0 Å². The summed E-state index contributed by atoms with van der Waals surface area (Å²) >= 11 is 0. The summed E-state index contributed by atoms with van der Waals surface area (Å²) in [5.74, 6) is 0.574. The maximum atomic E-state index is 13.3. The topological polar surface area (TPSA) is 93.9 Å². The van der Waals surface area contributed by atoms with Crippen LogP contribution < -0.4 is 14.8 Å². The van der Waals surface area contributed by atoms with Gasteiger partial charge in [-0.1, -0.05) is 0 Å². The Morgan fingerprint density at radius 1 is 1.16 bits per heavy atom. The molecule has 0 aliphatic rings. The standard InChI is InChI=1S/C23H26F6N6O3/c1-5-34(21(36)32-17(23(27,28)29)6-7-22(24,25)26)12-14-10-15(16(37-3)11-31-14)18-13(2)35-9-8-30-19(35)20(33-18)38-4/h8-11,17H,5-7,12H2,1-4H3,(H,32,36). The number of aromatic nitrogens is 4. The van der Waals surface area contributed by atoms with Crippen molar-refractivity contribution in [2.75, 3.05) is 20.8 Å². The number of nitrogens with one attached hydrogen (secondary N) is 1. The fourth-order valence-corrected chi connectivity index (χ4v) is 3.78. The molecule has 1 N–H and O–H groups in total. The van der Waals surface area contributed by atoms with Gasteiger partial charge in [0, 0.05) is 36.6 Å². The van der Waals surface area contributed by atoms with Gasteiger partial charge >= 0.3 is 18.4 Å². The van der Waals surface area contributed by atoms with E-state index in [-0.39, 0.29) is 24.7 Å². The van der Waals surface area contributed by atoms with E-state index in [1.807, 2.05) is 0 Å². The molecule has 0 aliphatic heterocycles. The SMILES string of the molecule is CCN(Cc1cc(-c2nc(OC)c3nccn3c2C)c(OC)cn1)C(=O)NC(CCC(F)(F)F)C(F)(F)F. The van der Waals surface area contributed by atoms with Crippen LogP contribution in [0.2, 0.25) is 0 Å². The van der Waals surface area contributed by atoms with Crippen LogP contribution >= 0.6 is 0 Å². The van der Waals surface area contributed by atoms with E-state index >= 15 is 0 Å². The van der Waals surface area contributed by atoms with E-state index in [1.165, 1.54) is 27.3 Å². The average molecular weight is 548 g/mol. The number of urea groups is 1. The first-order valence-corrected chi connectivity index (χ1v) is 11.4. The van der Waals surface area contributed by atoms with Crippen molar-refractivity contribution in [2.24, 2.45) is 0 Å². The van der Waals surface area contributed by atoms with E-state index in [0.717, 1.165) is 4.90 Å². The van der Waals surface area contributed by atoms with Gasteiger partial charge in [0.05, 0.1) is 38.3 Å². The molecule has 15 heteroatoms. The van der Waals surface area contributed by atoms with Crippen molar-refractivity contribution < 1.29 is 40.6 Å². The van der Waals surface area contributed by atoms with Crippen LogP contribution in [0.5, 0.6) is 11.6 Å². The van der Waals surface area contributed by atoms with Crippen molar-refractivity contribution >= 4 is 11.7 Å². The number of hydrogen-bond acceptors (Lipinski definition) is 6. The van der Waals surface area contributed by atoms with Crippen LogP contribution in [0, 0.1) is 6.92 Å². The van der Waals surface area contributed by atoms with Gasteiger partial charge in [0.15, 0.2) is 0 Å². The molecule has 208 valence electrons. The van der Waals surface area contributed by atoms with E-state index in [0.29, 0.717) is 28.3 Å². The number of carbonyl (C=O) groups excluding carboxylic acids is 1. The number of alkyl halides is 6. The second kappa shape index (κ2) is 11.3. The molecule has 38 heavy (non-hydrogen) atoms. The Labute approximate surface area is 213 Å². The lowest BCUT2D eigenvalue weighted by atomic mass is 10.1. The monoisotopic (exact) mass is 548 g/mol. The molecule has 0 spiro atoms. The van der Waals surface area contributed by atoms with Crippen molar-refractivity contribution in [2.45, 2.75) is 51.6 Å². The number of rotatable bonds is 9. The van der Waals surface area contributed by atoms with E-state index in [9.17, 15) is 31.1 Å². The maximum absolute atomic E-state index is 13.3. The highest BCUT2D eigenvalue weighted by Crippen LogP contribution is 2.34. The van der Waals surface area contributed by atoms with E-state index < -0.39 is 37.3 Å². The molecule has 0 bridgehead atoms. The van der Waals surface area contributed by atoms with Gasteiger partial charge in [-0.25, -0.2) is 14.8 Å². The number of hydrogen-bond donors (Lipinski definition) is 1. The molecule has 0 fully saturated rings. The minimum atomic E-state index is -5.06. The summed E-state index contributed by atoms with van der Waals surface area (Å²) in [5.41, 5.74) is 2.36. The number of imidazole rings is 1. The van der Waals surface area contributed by atoms with Crippen LogP contribution in [0.3, 0.4) is 0 Å². The molecule has 2 amide bonds. The lowest BCUT2D eigenvalue weighted by molar-refractivity contribution is -0.171. The van der Waals surface area contributed by atoms with E-state index in [2.05, 4.69) is 15.0 Å². The Morgan fingerprint density at radius 3 is 2.45 bits per heavy atom. The number of fused-ring (bicyclic) bond motifs is 1. The number of ether oxygens (including phenoxy) is 2. The zero-order chi connectivity index (χ0) is 28.3. The van der Waals surface area contributed by atoms with Crippen molar-refractivity contribution in [3.8, 4) is 22.9 Å². The molecule has 0 saturated heterocycles. The predicted octanol–water partition coefficient (Wildman–Crippen LogP) is 4.92. The molecule has 0 aromatic carbocycles. The zero-order valence-corrected chi connectivity index (χ0v) is 20.9. The van der Waals surface area contributed by atoms with Gasteiger partial charge < -0.3 is 19.7 Å². The Hall–Kier alpha value is -3.78. The largest absolute Gasteiger partial charge is 0.494 e. The third-order valence-electron chi connectivity index (χ3n) is 5.77. The molecule has 1 unspecified atom stereocenters. The van der Waals surface area contributed by atoms with Crippen LogP contribution in [0.4, 0.5) is 31.1 Å². The fourth-order valence-electron chi connectivity index (χ4n) is 3.78. The normalized spacial score (nSPS) is 12.9. The quantitative estimate of drug-likeness (QED) is 0.382. The summed E-state index contributed by atoms with van der Waals surface area (Å²) in [6, 6.07) is -2.27. The molecule has 0 saturated carbocycles. The van der Waals surface area contributed by atoms with Crippen LogP contribution in [0.1, 0.15) is 31.2 Å². The number of methoxy groups -OCH3 is 2. The second-order valence-corrected chi connectivity index (χ2v) is 8.26. The lowest BCUT2D eigenvalue weighted by Crippen LogP contribution is -2.50. The van der Waals surface area contributed by atoms with Crippen molar-refractivity contribution in [3.05, 3.63) is 36.0 Å². The molecule has 1 atom stereocenters. The first-order valence-electron chi connectivity index (χ1n) is 11.4. The van der Waals surface area contributed by atoms with Gasteiger partial charge in [-0.2, -0.15) is 26.3 Å². The number of nitrogens with zero attached hydrogens (tertiary/aromatic N) is 5. The Kier molecular flexibility index (Phi) is 8.57. The predicted molar refractivity (Wildman–Crippen MR) is 124 cm³/mol. The number of pyridine rings is 1. The third kappa shape index (κ3) is 6.55. The first-order chi connectivity index (χ1) is 17.8. The average Bonchev–Trinajstić information content (AvgIpc) is 3.34. The van der Waals surface area contributed by atoms with Crippen LogP contribution in [-0.4, -0.2) is 69.4 Å². The molecule has 3 aromatic heterocycles. The van der Waals surface area contributed by atoms with Gasteiger partial charge in [-0.3, -0.25) is 9.38 Å². The summed E-state index contributed by atoms with van der Waals surface area (Å²) in [7, 11) is 2.86. The van der Waals surface area contributed by atoms with Crippen LogP contribution in [-0.2, 0) is 6.54 Å². The second-order valence-electron chi connectivity index (χ2n) is 8.26. The van der Waals surface area contributed by atoms with Crippen molar-refractivity contribution in [3.63, 3.8) is 0 Å². The highest BCUT2D eigenvalue weighted by Gasteiger charge is 2.43. The molecular formula is C23H26F6N6O3. The summed E-state index contributed by atoms with van der Waals surface area (Å²) < 4.78 is 90.0. The molecule has 0 aliphatic carbocycles. The van der Waals surface area contributed by atoms with Crippen LogP contribution in [0.25, 0.3) is 16.9 Å². The summed E-state index contributed by atoms with van der Waals surface area (Å²) in [5, 5.41) is 1.68. The van der Waals surface area contributed by atoms with Gasteiger partial charge in [0.1, 0.15) is 11.8 Å². The molecule has 9 nitrogen and oxygen atoms in total. The molecule has 3 aromatic rings. The van der Waals surface area contributed by atoms with Gasteiger partial charge in [0.25, 0.3) is 5.88 Å². The summed E-state index contributed by atoms with van der Waals surface area (Å²) in [6.45, 7) is 3.05. The number of halogens is 6. The molecule has 0 radical (unpaired) electrons. The fraction of sp³-hybridized carbons (Fsp3) is 0.478. The lowest BCUT2D eigenvalue weighted by Gasteiger charge is -2.27. The summed E-state index contributed by atoms with van der Waals surface area (Å²) in [6.07, 6.45) is -8.20. The van der Waals surface area contributed by atoms with Crippen molar-refractivity contribution in [1.29, 1.82) is 0 Å². The highest BCUT2D eigenvalue weighted by atomic mass is 19.4. The number of aryl methyl sites for hydroxylation is 1. The minimum absolute atomic E-state index is 0.0369. The highest BCUT2D eigenvalue weighted by molar-refractivity contribution is 5.75. The third-order valence-corrected chi connectivity index (χ3v) is 5.77. The Bertz CT molecular complexity index is 1280. The maximum Gasteiger partial charge on any atom is 0.408 e. The first kappa shape index (κ1) is 28.8. The Morgan fingerprint density at radius 2 is 1.87 bits per heavy atom. The Balaban J connectivity index is 1.90. The van der Waals surface area contributed by atoms with Gasteiger partial charge in [0.2, 0.25) is 5.65 Å². The smallest absolute Gasteiger partial charge is 0.408 e. The minimum Gasteiger partial charge on any atom is -0.494 e. The zero-order valence-electron chi connectivity index (χ0n) is 20.9. The molecule has 3 heterocycles. The summed E-state index contributed by atoms with van der Waals surface area (Å²) in [4.78, 5) is 26.6. The van der Waals surface area contributed by atoms with Crippen molar-refractivity contribution in [1.82, 2.24) is 29.6 Å². The van der Waals surface area contributed by atoms with Crippen LogP contribution in [0.15, 0.2) is 24.7 Å². The number of carbonyl (C=O) groups is 1. The van der Waals surface area contributed by atoms with E-state index in [4.69, 9.17) is 9.47 Å². The molecular weight excluding hydrogens is 522 g/mol.